The lowest BCUT2D eigenvalue weighted by Crippen LogP contribution is -2.11. The second kappa shape index (κ2) is 8.28. The molecule has 0 radical (unpaired) electrons. The zero-order valence-electron chi connectivity index (χ0n) is 18.3. The van der Waals surface area contributed by atoms with E-state index in [-0.39, 0.29) is 0 Å². The molecular formula is C28H20BrO4P. The zero-order chi connectivity index (χ0) is 23.3. The fourth-order valence-electron chi connectivity index (χ4n) is 4.67. The molecule has 0 saturated carbocycles. The van der Waals surface area contributed by atoms with E-state index in [0.29, 0.717) is 17.1 Å². The first-order valence-corrected chi connectivity index (χ1v) is 13.3. The number of ether oxygens (including phenoxy) is 1. The van der Waals surface area contributed by atoms with Crippen molar-refractivity contribution in [2.45, 2.75) is 5.85 Å². The molecule has 0 spiro atoms. The molecule has 6 rings (SSSR count). The van der Waals surface area contributed by atoms with Crippen LogP contribution in [0.3, 0.4) is 0 Å². The van der Waals surface area contributed by atoms with Gasteiger partial charge in [0, 0.05) is 22.7 Å². The first-order chi connectivity index (χ1) is 16.6. The number of halogens is 1. The van der Waals surface area contributed by atoms with Crippen LogP contribution in [0.2, 0.25) is 0 Å². The molecule has 0 saturated heterocycles. The van der Waals surface area contributed by atoms with Gasteiger partial charge in [-0.05, 0) is 51.4 Å². The molecule has 6 heteroatoms. The lowest BCUT2D eigenvalue weighted by molar-refractivity contribution is 0.142. The summed E-state index contributed by atoms with van der Waals surface area (Å²) >= 11 is 3.50. The summed E-state index contributed by atoms with van der Waals surface area (Å²) in [6.45, 7) is 0. The first kappa shape index (κ1) is 21.4. The summed E-state index contributed by atoms with van der Waals surface area (Å²) in [6, 6.07) is 31.5. The maximum Gasteiger partial charge on any atom is 0.463 e. The molecule has 0 bridgehead atoms. The van der Waals surface area contributed by atoms with Crippen LogP contribution < -0.4 is 9.05 Å². The van der Waals surface area contributed by atoms with E-state index >= 15 is 0 Å². The van der Waals surface area contributed by atoms with Crippen LogP contribution >= 0.6 is 23.5 Å². The van der Waals surface area contributed by atoms with Gasteiger partial charge in [0.1, 0.15) is 11.5 Å². The molecule has 0 fully saturated rings. The number of benzene rings is 5. The second-order valence-corrected chi connectivity index (χ2v) is 11.0. The Morgan fingerprint density at radius 3 is 1.82 bits per heavy atom. The molecule has 0 aromatic heterocycles. The van der Waals surface area contributed by atoms with Gasteiger partial charge in [-0.1, -0.05) is 88.7 Å². The molecule has 1 unspecified atom stereocenters. The van der Waals surface area contributed by atoms with Crippen molar-refractivity contribution in [1.29, 1.82) is 0 Å². The van der Waals surface area contributed by atoms with Gasteiger partial charge < -0.3 is 13.8 Å². The largest absolute Gasteiger partial charge is 0.463 e. The van der Waals surface area contributed by atoms with Crippen LogP contribution in [-0.4, -0.2) is 7.11 Å². The van der Waals surface area contributed by atoms with Crippen LogP contribution in [0.25, 0.3) is 32.7 Å². The predicted molar refractivity (Wildman–Crippen MR) is 140 cm³/mol. The van der Waals surface area contributed by atoms with Crippen LogP contribution in [0.4, 0.5) is 0 Å². The number of fused-ring (bicyclic) bond motifs is 7. The van der Waals surface area contributed by atoms with Crippen LogP contribution in [0.1, 0.15) is 11.4 Å². The Bertz CT molecular complexity index is 1520. The summed E-state index contributed by atoms with van der Waals surface area (Å²) in [7, 11) is -2.35. The standard InChI is InChI=1S/C28H20BrO4P/c1-31-28(20-9-6-10-21(29)17-20)34(30)32-24-15-13-18-7-2-4-11-22(18)26(24)27-23-12-5-3-8-19(23)14-16-25(27)33-34/h2-17,28H,1H3. The summed E-state index contributed by atoms with van der Waals surface area (Å²) in [5, 5.41) is 4.14. The monoisotopic (exact) mass is 530 g/mol. The van der Waals surface area contributed by atoms with Gasteiger partial charge in [0.05, 0.1) is 0 Å². The smallest absolute Gasteiger partial charge is 0.413 e. The maximum atomic E-state index is 14.5. The topological polar surface area (TPSA) is 44.8 Å². The Labute approximate surface area is 205 Å². The van der Waals surface area contributed by atoms with E-state index in [1.807, 2.05) is 72.8 Å². The Morgan fingerprint density at radius 1 is 0.735 bits per heavy atom. The fourth-order valence-corrected chi connectivity index (χ4v) is 6.95. The summed E-state index contributed by atoms with van der Waals surface area (Å²) in [5.74, 6) is 0.102. The van der Waals surface area contributed by atoms with E-state index in [9.17, 15) is 4.57 Å². The highest BCUT2D eigenvalue weighted by Crippen LogP contribution is 2.65. The van der Waals surface area contributed by atoms with Crippen LogP contribution in [0, 0.1) is 0 Å². The third-order valence-corrected chi connectivity index (χ3v) is 8.61. The molecule has 168 valence electrons. The minimum Gasteiger partial charge on any atom is -0.413 e. The van der Waals surface area contributed by atoms with Crippen molar-refractivity contribution in [2.75, 3.05) is 7.11 Å². The van der Waals surface area contributed by atoms with Gasteiger partial charge in [0.25, 0.3) is 0 Å². The summed E-state index contributed by atoms with van der Waals surface area (Å²) < 4.78 is 33.8. The average Bonchev–Trinajstić information content (AvgIpc) is 2.98. The van der Waals surface area contributed by atoms with Gasteiger partial charge >= 0.3 is 7.60 Å². The quantitative estimate of drug-likeness (QED) is 0.219. The molecule has 5 aromatic rings. The maximum absolute atomic E-state index is 14.5. The summed E-state index contributed by atoms with van der Waals surface area (Å²) in [5.41, 5.74) is 2.44. The first-order valence-electron chi connectivity index (χ1n) is 10.9. The van der Waals surface area contributed by atoms with E-state index in [0.717, 1.165) is 37.1 Å². The fraction of sp³-hybridized carbons (Fsp3) is 0.0714. The molecule has 1 heterocycles. The van der Waals surface area contributed by atoms with E-state index in [4.69, 9.17) is 13.8 Å². The van der Waals surface area contributed by atoms with Crippen molar-refractivity contribution >= 4 is 45.1 Å². The number of hydrogen-bond donors (Lipinski definition) is 0. The molecule has 0 N–H and O–H groups in total. The molecule has 4 nitrogen and oxygen atoms in total. The van der Waals surface area contributed by atoms with Gasteiger partial charge in [-0.3, -0.25) is 0 Å². The Balaban J connectivity index is 1.67. The molecular weight excluding hydrogens is 511 g/mol. The number of hydrogen-bond acceptors (Lipinski definition) is 4. The van der Waals surface area contributed by atoms with Gasteiger partial charge in [-0.2, -0.15) is 0 Å². The third-order valence-electron chi connectivity index (χ3n) is 6.13. The number of rotatable bonds is 3. The Morgan fingerprint density at radius 2 is 1.29 bits per heavy atom. The molecule has 1 atom stereocenters. The Kier molecular flexibility index (Phi) is 5.22. The van der Waals surface area contributed by atoms with Crippen molar-refractivity contribution in [1.82, 2.24) is 0 Å². The molecule has 0 amide bonds. The summed E-state index contributed by atoms with van der Waals surface area (Å²) in [4.78, 5) is 0. The van der Waals surface area contributed by atoms with Crippen LogP contribution in [0.5, 0.6) is 11.5 Å². The summed E-state index contributed by atoms with van der Waals surface area (Å²) in [6.07, 6.45) is 0. The molecule has 1 aliphatic heterocycles. The predicted octanol–water partition coefficient (Wildman–Crippen LogP) is 8.73. The van der Waals surface area contributed by atoms with E-state index in [1.165, 1.54) is 7.11 Å². The van der Waals surface area contributed by atoms with E-state index < -0.39 is 13.4 Å². The van der Waals surface area contributed by atoms with Crippen molar-refractivity contribution < 1.29 is 18.3 Å². The minimum absolute atomic E-state index is 0.509. The van der Waals surface area contributed by atoms with E-state index in [1.54, 1.807) is 0 Å². The van der Waals surface area contributed by atoms with Crippen molar-refractivity contribution in [3.63, 3.8) is 0 Å². The highest BCUT2D eigenvalue weighted by atomic mass is 79.9. The van der Waals surface area contributed by atoms with Gasteiger partial charge in [-0.15, -0.1) is 0 Å². The number of methoxy groups -OCH3 is 1. The van der Waals surface area contributed by atoms with Gasteiger partial charge in [0.15, 0.2) is 0 Å². The van der Waals surface area contributed by atoms with Crippen molar-refractivity contribution in [3.8, 4) is 22.6 Å². The van der Waals surface area contributed by atoms with Crippen LogP contribution in [0.15, 0.2) is 102 Å². The van der Waals surface area contributed by atoms with Crippen molar-refractivity contribution in [2.24, 2.45) is 0 Å². The molecule has 1 aliphatic rings. The average molecular weight is 531 g/mol. The van der Waals surface area contributed by atoms with Crippen molar-refractivity contribution in [3.05, 3.63) is 107 Å². The zero-order valence-corrected chi connectivity index (χ0v) is 20.8. The molecule has 0 aliphatic carbocycles. The Hall–Kier alpha value is -3.11. The highest BCUT2D eigenvalue weighted by Gasteiger charge is 2.44. The molecule has 34 heavy (non-hydrogen) atoms. The second-order valence-electron chi connectivity index (χ2n) is 8.19. The SMILES string of the molecule is COC(c1cccc(Br)c1)P1(=O)Oc2ccc3ccccc3c2-c2c(ccc3ccccc23)O1. The molecule has 5 aromatic carbocycles. The normalized spacial score (nSPS) is 15.0. The van der Waals surface area contributed by atoms with Crippen LogP contribution in [-0.2, 0) is 9.30 Å². The van der Waals surface area contributed by atoms with E-state index in [2.05, 4.69) is 40.2 Å². The third kappa shape index (κ3) is 3.43. The van der Waals surface area contributed by atoms with Gasteiger partial charge in [-0.25, -0.2) is 4.57 Å². The lowest BCUT2D eigenvalue weighted by atomic mass is 9.92. The van der Waals surface area contributed by atoms with Gasteiger partial charge in [0.2, 0.25) is 5.85 Å². The lowest BCUT2D eigenvalue weighted by Gasteiger charge is -2.25. The highest BCUT2D eigenvalue weighted by molar-refractivity contribution is 9.10. The minimum atomic E-state index is -3.87.